The average Bonchev–Trinajstić information content (AvgIpc) is 2.03. The van der Waals surface area contributed by atoms with Gasteiger partial charge in [-0.1, -0.05) is 30.7 Å². The lowest BCUT2D eigenvalue weighted by molar-refractivity contribution is 0.767. The van der Waals surface area contributed by atoms with Crippen LogP contribution in [-0.4, -0.2) is 6.54 Å². The number of hydrogen-bond acceptors (Lipinski definition) is 1. The first-order chi connectivity index (χ1) is 5.65. The van der Waals surface area contributed by atoms with Crippen molar-refractivity contribution in [2.24, 2.45) is 5.73 Å². The number of rotatable bonds is 2. The summed E-state index contributed by atoms with van der Waals surface area (Å²) in [7, 11) is 0. The third-order valence-corrected chi connectivity index (χ3v) is 2.31. The van der Waals surface area contributed by atoms with Crippen LogP contribution >= 0.6 is 0 Å². The molecular weight excluding hydrogens is 146 g/mol. The fraction of sp³-hybridized carbons (Fsp3) is 0.455. The third kappa shape index (κ3) is 1.86. The summed E-state index contributed by atoms with van der Waals surface area (Å²) in [5.74, 6) is 0.477. The highest BCUT2D eigenvalue weighted by Crippen LogP contribution is 2.19. The van der Waals surface area contributed by atoms with Gasteiger partial charge in [-0.05, 0) is 37.4 Å². The number of aryl methyl sites for hydroxylation is 2. The molecule has 0 unspecified atom stereocenters. The van der Waals surface area contributed by atoms with E-state index in [9.17, 15) is 0 Å². The Morgan fingerprint density at radius 1 is 1.33 bits per heavy atom. The first kappa shape index (κ1) is 9.27. The Labute approximate surface area is 74.6 Å². The summed E-state index contributed by atoms with van der Waals surface area (Å²) in [6, 6.07) is 6.54. The topological polar surface area (TPSA) is 26.0 Å². The first-order valence-corrected chi connectivity index (χ1v) is 4.42. The lowest BCUT2D eigenvalue weighted by atomic mass is 9.95. The van der Waals surface area contributed by atoms with Crippen LogP contribution in [0.5, 0.6) is 0 Å². The van der Waals surface area contributed by atoms with Crippen LogP contribution in [0.25, 0.3) is 0 Å². The Morgan fingerprint density at radius 3 is 2.50 bits per heavy atom. The van der Waals surface area contributed by atoms with E-state index >= 15 is 0 Å². The Balaban J connectivity index is 3.01. The Hall–Kier alpha value is -0.820. The van der Waals surface area contributed by atoms with Crippen LogP contribution in [0.3, 0.4) is 0 Å². The molecule has 0 spiro atoms. The van der Waals surface area contributed by atoms with Crippen molar-refractivity contribution in [1.82, 2.24) is 0 Å². The molecule has 2 N–H and O–H groups in total. The molecule has 12 heavy (non-hydrogen) atoms. The molecule has 0 aliphatic heterocycles. The molecule has 0 saturated heterocycles. The van der Waals surface area contributed by atoms with Gasteiger partial charge in [-0.2, -0.15) is 0 Å². The van der Waals surface area contributed by atoms with Gasteiger partial charge in [0, 0.05) is 0 Å². The monoisotopic (exact) mass is 163 g/mol. The molecule has 1 atom stereocenters. The molecule has 0 aromatic heterocycles. The van der Waals surface area contributed by atoms with E-state index in [4.69, 9.17) is 5.73 Å². The molecule has 0 fully saturated rings. The van der Waals surface area contributed by atoms with E-state index in [1.54, 1.807) is 0 Å². The molecule has 0 saturated carbocycles. The molecule has 0 bridgehead atoms. The van der Waals surface area contributed by atoms with Crippen LogP contribution in [0, 0.1) is 13.8 Å². The van der Waals surface area contributed by atoms with Gasteiger partial charge in [0.05, 0.1) is 0 Å². The molecule has 1 heteroatoms. The van der Waals surface area contributed by atoms with E-state index in [1.165, 1.54) is 16.7 Å². The summed E-state index contributed by atoms with van der Waals surface area (Å²) in [5.41, 5.74) is 9.66. The zero-order chi connectivity index (χ0) is 9.14. The molecule has 0 heterocycles. The maximum Gasteiger partial charge on any atom is -0.00108 e. The minimum absolute atomic E-state index is 0.477. The molecule has 1 rings (SSSR count). The van der Waals surface area contributed by atoms with Crippen LogP contribution in [-0.2, 0) is 0 Å². The van der Waals surface area contributed by atoms with E-state index in [1.807, 2.05) is 0 Å². The SMILES string of the molecule is Cc1ccc([C@H](C)CN)c(C)c1. The molecule has 0 aliphatic carbocycles. The largest absolute Gasteiger partial charge is 0.330 e. The van der Waals surface area contributed by atoms with Gasteiger partial charge in [0.2, 0.25) is 0 Å². The second-order valence-corrected chi connectivity index (χ2v) is 3.50. The van der Waals surface area contributed by atoms with Crippen molar-refractivity contribution >= 4 is 0 Å². The van der Waals surface area contributed by atoms with E-state index < -0.39 is 0 Å². The van der Waals surface area contributed by atoms with Gasteiger partial charge >= 0.3 is 0 Å². The standard InChI is InChI=1S/C11H17N/c1-8-4-5-11(9(2)6-8)10(3)7-12/h4-6,10H,7,12H2,1-3H3/t10-/m1/s1. The second kappa shape index (κ2) is 3.72. The quantitative estimate of drug-likeness (QED) is 0.711. The lowest BCUT2D eigenvalue weighted by Crippen LogP contribution is -2.10. The summed E-state index contributed by atoms with van der Waals surface area (Å²) in [6.07, 6.45) is 0. The highest BCUT2D eigenvalue weighted by molar-refractivity contribution is 5.32. The normalized spacial score (nSPS) is 13.0. The molecule has 1 aromatic rings. The van der Waals surface area contributed by atoms with Gasteiger partial charge in [-0.3, -0.25) is 0 Å². The molecule has 0 aliphatic rings. The number of benzene rings is 1. The van der Waals surface area contributed by atoms with E-state index in [0.717, 1.165) is 6.54 Å². The number of hydrogen-bond donors (Lipinski definition) is 1. The highest BCUT2D eigenvalue weighted by atomic mass is 14.5. The van der Waals surface area contributed by atoms with Crippen molar-refractivity contribution in [3.8, 4) is 0 Å². The Kier molecular flexibility index (Phi) is 2.88. The van der Waals surface area contributed by atoms with Crippen LogP contribution in [0.4, 0.5) is 0 Å². The van der Waals surface area contributed by atoms with Crippen LogP contribution in [0.1, 0.15) is 29.5 Å². The molecular formula is C11H17N. The van der Waals surface area contributed by atoms with E-state index in [0.29, 0.717) is 5.92 Å². The molecule has 1 aromatic carbocycles. The van der Waals surface area contributed by atoms with Crippen LogP contribution < -0.4 is 5.73 Å². The minimum atomic E-state index is 0.477. The van der Waals surface area contributed by atoms with Crippen LogP contribution in [0.15, 0.2) is 18.2 Å². The van der Waals surface area contributed by atoms with Gasteiger partial charge in [-0.25, -0.2) is 0 Å². The van der Waals surface area contributed by atoms with Gasteiger partial charge in [-0.15, -0.1) is 0 Å². The Bertz CT molecular complexity index is 266. The smallest absolute Gasteiger partial charge is 0.00108 e. The first-order valence-electron chi connectivity index (χ1n) is 4.42. The molecule has 0 radical (unpaired) electrons. The minimum Gasteiger partial charge on any atom is -0.330 e. The van der Waals surface area contributed by atoms with Crippen molar-refractivity contribution in [2.45, 2.75) is 26.7 Å². The predicted octanol–water partition coefficient (Wildman–Crippen LogP) is 2.37. The fourth-order valence-electron chi connectivity index (χ4n) is 1.51. The van der Waals surface area contributed by atoms with Crippen molar-refractivity contribution in [3.63, 3.8) is 0 Å². The second-order valence-electron chi connectivity index (χ2n) is 3.50. The zero-order valence-corrected chi connectivity index (χ0v) is 8.09. The predicted molar refractivity (Wildman–Crippen MR) is 53.4 cm³/mol. The summed E-state index contributed by atoms with van der Waals surface area (Å²) < 4.78 is 0. The maximum atomic E-state index is 5.61. The summed E-state index contributed by atoms with van der Waals surface area (Å²) >= 11 is 0. The summed E-state index contributed by atoms with van der Waals surface area (Å²) in [4.78, 5) is 0. The zero-order valence-electron chi connectivity index (χ0n) is 8.09. The lowest BCUT2D eigenvalue weighted by Gasteiger charge is -2.12. The molecule has 1 nitrogen and oxygen atoms in total. The summed E-state index contributed by atoms with van der Waals surface area (Å²) in [6.45, 7) is 7.15. The fourth-order valence-corrected chi connectivity index (χ4v) is 1.51. The highest BCUT2D eigenvalue weighted by Gasteiger charge is 2.05. The van der Waals surface area contributed by atoms with Gasteiger partial charge in [0.15, 0.2) is 0 Å². The Morgan fingerprint density at radius 2 is 2.00 bits per heavy atom. The van der Waals surface area contributed by atoms with E-state index in [-0.39, 0.29) is 0 Å². The van der Waals surface area contributed by atoms with Crippen molar-refractivity contribution < 1.29 is 0 Å². The van der Waals surface area contributed by atoms with Gasteiger partial charge < -0.3 is 5.73 Å². The molecule has 0 amide bonds. The average molecular weight is 163 g/mol. The summed E-state index contributed by atoms with van der Waals surface area (Å²) in [5, 5.41) is 0. The van der Waals surface area contributed by atoms with Crippen molar-refractivity contribution in [2.75, 3.05) is 6.54 Å². The van der Waals surface area contributed by atoms with Gasteiger partial charge in [0.1, 0.15) is 0 Å². The number of nitrogens with two attached hydrogens (primary N) is 1. The maximum absolute atomic E-state index is 5.61. The third-order valence-electron chi connectivity index (χ3n) is 2.31. The van der Waals surface area contributed by atoms with Crippen molar-refractivity contribution in [1.29, 1.82) is 0 Å². The van der Waals surface area contributed by atoms with E-state index in [2.05, 4.69) is 39.0 Å². The van der Waals surface area contributed by atoms with Crippen molar-refractivity contribution in [3.05, 3.63) is 34.9 Å². The van der Waals surface area contributed by atoms with Gasteiger partial charge in [0.25, 0.3) is 0 Å². The van der Waals surface area contributed by atoms with Crippen LogP contribution in [0.2, 0.25) is 0 Å². The molecule has 66 valence electrons.